The maximum absolute atomic E-state index is 11.7. The predicted octanol–water partition coefficient (Wildman–Crippen LogP) is 8.02. The zero-order valence-electron chi connectivity index (χ0n) is 17.5. The molecule has 0 amide bonds. The number of para-hydroxylation sites is 1. The fourth-order valence-electron chi connectivity index (χ4n) is 3.28. The highest BCUT2D eigenvalue weighted by Crippen LogP contribution is 2.13. The highest BCUT2D eigenvalue weighted by atomic mass is 16.5. The first kappa shape index (κ1) is 23.5. The maximum Gasteiger partial charge on any atom is 0.335 e. The number of carbonyl (C=O) groups is 1. The second-order valence-electron chi connectivity index (χ2n) is 7.52. The Morgan fingerprint density at radius 2 is 1.22 bits per heavy atom. The van der Waals surface area contributed by atoms with Gasteiger partial charge in [0.25, 0.3) is 0 Å². The van der Waals surface area contributed by atoms with Crippen LogP contribution in [0.2, 0.25) is 0 Å². The van der Waals surface area contributed by atoms with Gasteiger partial charge in [0.05, 0.1) is 0 Å². The van der Waals surface area contributed by atoms with E-state index in [1.54, 1.807) is 18.2 Å². The molecule has 0 fully saturated rings. The first-order valence-electron chi connectivity index (χ1n) is 11.3. The Kier molecular flexibility index (Phi) is 15.5. The molecule has 1 rings (SSSR count). The zero-order chi connectivity index (χ0) is 19.4. The van der Waals surface area contributed by atoms with Gasteiger partial charge in [-0.3, -0.25) is 0 Å². The largest absolute Gasteiger partial charge is 0.423 e. The van der Waals surface area contributed by atoms with Crippen LogP contribution in [-0.4, -0.2) is 5.97 Å². The van der Waals surface area contributed by atoms with Gasteiger partial charge in [-0.15, -0.1) is 0 Å². The van der Waals surface area contributed by atoms with E-state index >= 15 is 0 Å². The monoisotopic (exact) mass is 372 g/mol. The normalized spacial score (nSPS) is 11.1. The first-order valence-corrected chi connectivity index (χ1v) is 11.3. The summed E-state index contributed by atoms with van der Waals surface area (Å²) in [5, 5.41) is 0. The molecule has 0 saturated heterocycles. The van der Waals surface area contributed by atoms with Crippen LogP contribution in [0.4, 0.5) is 0 Å². The van der Waals surface area contributed by atoms with Gasteiger partial charge in [0.15, 0.2) is 0 Å². The third-order valence-electron chi connectivity index (χ3n) is 4.94. The van der Waals surface area contributed by atoms with Crippen LogP contribution in [0.3, 0.4) is 0 Å². The van der Waals surface area contributed by atoms with Crippen molar-refractivity contribution in [3.63, 3.8) is 0 Å². The van der Waals surface area contributed by atoms with E-state index in [4.69, 9.17) is 4.74 Å². The summed E-state index contributed by atoms with van der Waals surface area (Å²) >= 11 is 0. The van der Waals surface area contributed by atoms with Gasteiger partial charge in [-0.25, -0.2) is 4.79 Å². The minimum absolute atomic E-state index is 0.286. The molecule has 0 spiro atoms. The molecule has 0 saturated carbocycles. The van der Waals surface area contributed by atoms with Crippen LogP contribution >= 0.6 is 0 Å². The Balaban J connectivity index is 1.81. The van der Waals surface area contributed by atoms with E-state index in [1.165, 1.54) is 83.5 Å². The number of esters is 1. The van der Waals surface area contributed by atoms with Crippen molar-refractivity contribution in [1.29, 1.82) is 0 Å². The van der Waals surface area contributed by atoms with Crippen LogP contribution in [0.1, 0.15) is 103 Å². The molecule has 0 aliphatic rings. The van der Waals surface area contributed by atoms with Gasteiger partial charge in [-0.05, 0) is 25.0 Å². The van der Waals surface area contributed by atoms with Gasteiger partial charge >= 0.3 is 5.97 Å². The van der Waals surface area contributed by atoms with Gasteiger partial charge in [-0.2, -0.15) is 0 Å². The summed E-state index contributed by atoms with van der Waals surface area (Å²) in [6.07, 6.45) is 23.7. The van der Waals surface area contributed by atoms with Crippen molar-refractivity contribution in [3.05, 3.63) is 42.5 Å². The fraction of sp³-hybridized carbons (Fsp3) is 0.640. The number of rotatable bonds is 17. The van der Waals surface area contributed by atoms with Gasteiger partial charge in [-0.1, -0.05) is 115 Å². The molecule has 0 aliphatic heterocycles. The summed E-state index contributed by atoms with van der Waals surface area (Å²) in [6.45, 7) is 2.28. The van der Waals surface area contributed by atoms with Crippen molar-refractivity contribution < 1.29 is 9.53 Å². The number of hydrogen-bond acceptors (Lipinski definition) is 2. The van der Waals surface area contributed by atoms with Crippen LogP contribution < -0.4 is 4.74 Å². The molecule has 0 aromatic heterocycles. The van der Waals surface area contributed by atoms with Crippen molar-refractivity contribution in [3.8, 4) is 5.75 Å². The van der Waals surface area contributed by atoms with E-state index in [2.05, 4.69) is 6.92 Å². The third-order valence-corrected chi connectivity index (χ3v) is 4.94. The van der Waals surface area contributed by atoms with E-state index in [1.807, 2.05) is 24.3 Å². The molecule has 0 bridgehead atoms. The van der Waals surface area contributed by atoms with Crippen LogP contribution in [-0.2, 0) is 4.79 Å². The molecule has 0 unspecified atom stereocenters. The molecule has 0 atom stereocenters. The lowest BCUT2D eigenvalue weighted by Gasteiger charge is -2.03. The fourth-order valence-corrected chi connectivity index (χ4v) is 3.28. The molecule has 0 radical (unpaired) electrons. The first-order chi connectivity index (χ1) is 13.3. The third kappa shape index (κ3) is 15.2. The Morgan fingerprint density at radius 1 is 0.741 bits per heavy atom. The summed E-state index contributed by atoms with van der Waals surface area (Å²) in [5.74, 6) is 0.315. The number of unbranched alkanes of at least 4 members (excludes halogenated alkanes) is 14. The Morgan fingerprint density at radius 3 is 1.74 bits per heavy atom. The minimum Gasteiger partial charge on any atom is -0.423 e. The SMILES string of the molecule is CCCCCCCCCCCCCCCCC=CC(=O)Oc1ccccc1. The Bertz CT molecular complexity index is 478. The zero-order valence-corrected chi connectivity index (χ0v) is 17.5. The van der Waals surface area contributed by atoms with E-state index in [0.717, 1.165) is 12.8 Å². The van der Waals surface area contributed by atoms with Crippen molar-refractivity contribution in [2.75, 3.05) is 0 Å². The second kappa shape index (κ2) is 17.8. The van der Waals surface area contributed by atoms with E-state index in [9.17, 15) is 4.79 Å². The number of hydrogen-bond donors (Lipinski definition) is 0. The highest BCUT2D eigenvalue weighted by Gasteiger charge is 1.98. The topological polar surface area (TPSA) is 26.3 Å². The average Bonchev–Trinajstić information content (AvgIpc) is 2.68. The summed E-state index contributed by atoms with van der Waals surface area (Å²) in [4.78, 5) is 11.7. The van der Waals surface area contributed by atoms with Crippen molar-refractivity contribution >= 4 is 5.97 Å². The lowest BCUT2D eigenvalue weighted by atomic mass is 10.0. The minimum atomic E-state index is -0.286. The molecule has 152 valence electrons. The van der Waals surface area contributed by atoms with Gasteiger partial charge in [0.1, 0.15) is 5.75 Å². The van der Waals surface area contributed by atoms with Crippen molar-refractivity contribution in [2.45, 2.75) is 103 Å². The number of benzene rings is 1. The average molecular weight is 373 g/mol. The summed E-state index contributed by atoms with van der Waals surface area (Å²) in [6, 6.07) is 9.21. The van der Waals surface area contributed by atoms with E-state index in [0.29, 0.717) is 5.75 Å². The number of allylic oxidation sites excluding steroid dienone is 1. The summed E-state index contributed by atoms with van der Waals surface area (Å²) in [7, 11) is 0. The van der Waals surface area contributed by atoms with Gasteiger partial charge < -0.3 is 4.74 Å². The molecule has 2 nitrogen and oxygen atoms in total. The molecule has 0 heterocycles. The molecule has 2 heteroatoms. The quantitative estimate of drug-likeness (QED) is 0.120. The smallest absolute Gasteiger partial charge is 0.335 e. The molecular weight excluding hydrogens is 332 g/mol. The number of carbonyl (C=O) groups excluding carboxylic acids is 1. The molecule has 1 aromatic carbocycles. The summed E-state index contributed by atoms with van der Waals surface area (Å²) < 4.78 is 5.21. The molecule has 1 aromatic rings. The number of ether oxygens (including phenoxy) is 1. The Labute approximate surface area is 167 Å². The van der Waals surface area contributed by atoms with Crippen molar-refractivity contribution in [1.82, 2.24) is 0 Å². The second-order valence-corrected chi connectivity index (χ2v) is 7.52. The van der Waals surface area contributed by atoms with Crippen molar-refractivity contribution in [2.24, 2.45) is 0 Å². The molecule has 27 heavy (non-hydrogen) atoms. The molecular formula is C25H40O2. The van der Waals surface area contributed by atoms with E-state index < -0.39 is 0 Å². The van der Waals surface area contributed by atoms with Crippen LogP contribution in [0.15, 0.2) is 42.5 Å². The highest BCUT2D eigenvalue weighted by molar-refractivity contribution is 5.83. The van der Waals surface area contributed by atoms with Crippen LogP contribution in [0.25, 0.3) is 0 Å². The Hall–Kier alpha value is -1.57. The molecule has 0 aliphatic carbocycles. The maximum atomic E-state index is 11.7. The predicted molar refractivity (Wildman–Crippen MR) is 116 cm³/mol. The molecule has 0 N–H and O–H groups in total. The van der Waals surface area contributed by atoms with Crippen LogP contribution in [0.5, 0.6) is 5.75 Å². The lowest BCUT2D eigenvalue weighted by Crippen LogP contribution is -2.03. The lowest BCUT2D eigenvalue weighted by molar-refractivity contribution is -0.129. The van der Waals surface area contributed by atoms with E-state index in [-0.39, 0.29) is 5.97 Å². The van der Waals surface area contributed by atoms with Crippen LogP contribution in [0, 0.1) is 0 Å². The standard InChI is InChI=1S/C25H40O2/c1-2-3-4-5-6-7-8-9-10-11-12-13-14-15-16-20-23-25(26)27-24-21-18-17-19-22-24/h17-23H,2-16H2,1H3. The van der Waals surface area contributed by atoms with Gasteiger partial charge in [0, 0.05) is 6.08 Å². The van der Waals surface area contributed by atoms with Gasteiger partial charge in [0.2, 0.25) is 0 Å². The summed E-state index contributed by atoms with van der Waals surface area (Å²) in [5.41, 5.74) is 0.